The monoisotopic (exact) mass is 403 g/mol. The van der Waals surface area contributed by atoms with Gasteiger partial charge in [-0.05, 0) is 67.5 Å². The lowest BCUT2D eigenvalue weighted by Crippen LogP contribution is -2.52. The van der Waals surface area contributed by atoms with Crippen LogP contribution in [-0.2, 0) is 9.59 Å². The van der Waals surface area contributed by atoms with E-state index in [0.29, 0.717) is 36.2 Å². The Balaban J connectivity index is 1.76. The van der Waals surface area contributed by atoms with Gasteiger partial charge in [-0.25, -0.2) is 10.0 Å². The summed E-state index contributed by atoms with van der Waals surface area (Å²) >= 11 is 0. The molecule has 0 unspecified atom stereocenters. The average Bonchev–Trinajstić information content (AvgIpc) is 3.26. The number of anilines is 1. The molecule has 4 rings (SSSR count). The van der Waals surface area contributed by atoms with Gasteiger partial charge in [0.1, 0.15) is 0 Å². The number of benzene rings is 2. The summed E-state index contributed by atoms with van der Waals surface area (Å²) in [6.45, 7) is 0.527. The molecule has 0 spiro atoms. The Morgan fingerprint density at radius 1 is 0.900 bits per heavy atom. The Labute approximate surface area is 175 Å². The number of carbonyl (C=O) groups excluding carboxylic acids is 3. The molecule has 2 aromatic carbocycles. The van der Waals surface area contributed by atoms with Crippen LogP contribution in [0.2, 0.25) is 0 Å². The number of hydrogen-bond donors (Lipinski definition) is 1. The molecule has 0 atom stereocenters. The number of nitrogens with two attached hydrogens (primary N) is 1. The third-order valence-electron chi connectivity index (χ3n) is 5.70. The number of carbonyl (C=O) groups is 3. The first-order chi connectivity index (χ1) is 14.6. The van der Waals surface area contributed by atoms with E-state index in [9.17, 15) is 14.4 Å². The molecule has 154 valence electrons. The number of para-hydroxylation sites is 1. The zero-order valence-corrected chi connectivity index (χ0v) is 16.8. The molecule has 1 heterocycles. The highest BCUT2D eigenvalue weighted by Gasteiger charge is 2.33. The lowest BCUT2D eigenvalue weighted by atomic mass is 9.99. The highest BCUT2D eigenvalue weighted by atomic mass is 16.2. The van der Waals surface area contributed by atoms with Gasteiger partial charge in [0.15, 0.2) is 0 Å². The number of hydrazine groups is 1. The molecule has 0 radical (unpaired) electrons. The van der Waals surface area contributed by atoms with E-state index in [1.807, 2.05) is 36.4 Å². The summed E-state index contributed by atoms with van der Waals surface area (Å²) in [7, 11) is 0. The fourth-order valence-electron chi connectivity index (χ4n) is 4.22. The number of piperidine rings is 1. The third-order valence-corrected chi connectivity index (χ3v) is 5.70. The van der Waals surface area contributed by atoms with E-state index < -0.39 is 5.91 Å². The van der Waals surface area contributed by atoms with Gasteiger partial charge in [0.25, 0.3) is 5.91 Å². The van der Waals surface area contributed by atoms with Crippen LogP contribution in [0.3, 0.4) is 0 Å². The van der Waals surface area contributed by atoms with Gasteiger partial charge >= 0.3 is 0 Å². The van der Waals surface area contributed by atoms with Crippen LogP contribution in [-0.4, -0.2) is 29.3 Å². The highest BCUT2D eigenvalue weighted by Crippen LogP contribution is 2.36. The Morgan fingerprint density at radius 2 is 1.70 bits per heavy atom. The van der Waals surface area contributed by atoms with Gasteiger partial charge in [0, 0.05) is 24.1 Å². The highest BCUT2D eigenvalue weighted by molar-refractivity contribution is 6.12. The first-order valence-corrected chi connectivity index (χ1v) is 10.4. The first-order valence-electron chi connectivity index (χ1n) is 10.4. The van der Waals surface area contributed by atoms with Crippen molar-refractivity contribution in [2.75, 3.05) is 11.6 Å². The zero-order valence-electron chi connectivity index (χ0n) is 16.8. The number of amides is 3. The Bertz CT molecular complexity index is 1010. The van der Waals surface area contributed by atoms with Crippen LogP contribution in [0.4, 0.5) is 5.69 Å². The predicted molar refractivity (Wildman–Crippen MR) is 115 cm³/mol. The lowest BCUT2D eigenvalue weighted by molar-refractivity contribution is -0.137. The molecular weight excluding hydrogens is 378 g/mol. The van der Waals surface area contributed by atoms with Crippen molar-refractivity contribution in [3.63, 3.8) is 0 Å². The molecule has 1 fully saturated rings. The van der Waals surface area contributed by atoms with Crippen molar-refractivity contribution in [3.8, 4) is 0 Å². The van der Waals surface area contributed by atoms with E-state index in [1.54, 1.807) is 28.2 Å². The SMILES string of the molecule is NC(=O)c1cccc(C2=C(C(=O)N(c3ccccc3)N3CCCCC3=O)CCC2)c1. The van der Waals surface area contributed by atoms with Gasteiger partial charge in [-0.2, -0.15) is 0 Å². The second kappa shape index (κ2) is 8.53. The second-order valence-corrected chi connectivity index (χ2v) is 7.68. The molecular formula is C24H25N3O3. The minimum absolute atomic E-state index is 0.0330. The summed E-state index contributed by atoms with van der Waals surface area (Å²) in [6, 6.07) is 16.4. The van der Waals surface area contributed by atoms with Gasteiger partial charge in [-0.15, -0.1) is 0 Å². The van der Waals surface area contributed by atoms with Crippen molar-refractivity contribution >= 4 is 29.0 Å². The minimum Gasteiger partial charge on any atom is -0.366 e. The molecule has 2 aromatic rings. The van der Waals surface area contributed by atoms with Crippen molar-refractivity contribution in [2.45, 2.75) is 38.5 Å². The van der Waals surface area contributed by atoms with Gasteiger partial charge in [-0.1, -0.05) is 30.3 Å². The van der Waals surface area contributed by atoms with Crippen LogP contribution in [0.5, 0.6) is 0 Å². The van der Waals surface area contributed by atoms with Crippen molar-refractivity contribution in [3.05, 3.63) is 71.3 Å². The van der Waals surface area contributed by atoms with E-state index in [4.69, 9.17) is 5.73 Å². The molecule has 0 bridgehead atoms. The summed E-state index contributed by atoms with van der Waals surface area (Å²) in [5.41, 5.74) is 9.00. The molecule has 2 N–H and O–H groups in total. The van der Waals surface area contributed by atoms with Crippen LogP contribution in [0.1, 0.15) is 54.4 Å². The molecule has 6 heteroatoms. The molecule has 0 saturated carbocycles. The maximum absolute atomic E-state index is 13.8. The van der Waals surface area contributed by atoms with Crippen LogP contribution in [0.15, 0.2) is 60.2 Å². The van der Waals surface area contributed by atoms with E-state index in [2.05, 4.69) is 0 Å². The van der Waals surface area contributed by atoms with Crippen molar-refractivity contribution in [1.29, 1.82) is 0 Å². The van der Waals surface area contributed by atoms with Crippen LogP contribution >= 0.6 is 0 Å². The molecule has 1 saturated heterocycles. The minimum atomic E-state index is -0.492. The van der Waals surface area contributed by atoms with E-state index in [1.165, 1.54) is 0 Å². The van der Waals surface area contributed by atoms with Gasteiger partial charge in [-0.3, -0.25) is 14.4 Å². The van der Waals surface area contributed by atoms with Crippen LogP contribution < -0.4 is 10.7 Å². The molecule has 2 aliphatic rings. The smallest absolute Gasteiger partial charge is 0.273 e. The van der Waals surface area contributed by atoms with Gasteiger partial charge < -0.3 is 5.73 Å². The fourth-order valence-corrected chi connectivity index (χ4v) is 4.22. The number of hydrogen-bond acceptors (Lipinski definition) is 3. The standard InChI is InChI=1S/C24H25N3O3/c25-23(29)18-9-6-8-17(16-18)20-12-7-13-21(20)24(30)27(19-10-2-1-3-11-19)26-15-5-4-14-22(26)28/h1-3,6,8-11,16H,4-5,7,12-15H2,(H2,25,29). The summed E-state index contributed by atoms with van der Waals surface area (Å²) in [5.74, 6) is -0.698. The predicted octanol–water partition coefficient (Wildman–Crippen LogP) is 3.68. The van der Waals surface area contributed by atoms with Crippen LogP contribution in [0, 0.1) is 0 Å². The molecule has 30 heavy (non-hydrogen) atoms. The maximum Gasteiger partial charge on any atom is 0.273 e. The van der Waals surface area contributed by atoms with Crippen LogP contribution in [0.25, 0.3) is 5.57 Å². The zero-order chi connectivity index (χ0) is 21.1. The van der Waals surface area contributed by atoms with Crippen molar-refractivity contribution in [1.82, 2.24) is 5.01 Å². The van der Waals surface area contributed by atoms with E-state index in [-0.39, 0.29) is 11.8 Å². The average molecular weight is 403 g/mol. The number of nitrogens with zero attached hydrogens (tertiary/aromatic N) is 2. The van der Waals surface area contributed by atoms with Gasteiger partial charge in [0.05, 0.1) is 5.69 Å². The Kier molecular flexibility index (Phi) is 5.65. The Morgan fingerprint density at radius 3 is 2.43 bits per heavy atom. The normalized spacial score (nSPS) is 16.7. The number of rotatable bonds is 5. The summed E-state index contributed by atoms with van der Waals surface area (Å²) in [6.07, 6.45) is 4.41. The molecule has 1 aliphatic heterocycles. The fraction of sp³-hybridized carbons (Fsp3) is 0.292. The first kappa shape index (κ1) is 19.9. The molecule has 1 aliphatic carbocycles. The van der Waals surface area contributed by atoms with Crippen molar-refractivity contribution in [2.24, 2.45) is 5.73 Å². The summed E-state index contributed by atoms with van der Waals surface area (Å²) < 4.78 is 0. The van der Waals surface area contributed by atoms with E-state index in [0.717, 1.165) is 36.8 Å². The van der Waals surface area contributed by atoms with Gasteiger partial charge in [0.2, 0.25) is 11.8 Å². The second-order valence-electron chi connectivity index (χ2n) is 7.68. The summed E-state index contributed by atoms with van der Waals surface area (Å²) in [4.78, 5) is 38.0. The quantitative estimate of drug-likeness (QED) is 0.826. The molecule has 0 aromatic heterocycles. The number of primary amides is 1. The largest absolute Gasteiger partial charge is 0.366 e. The lowest BCUT2D eigenvalue weighted by Gasteiger charge is -2.37. The summed E-state index contributed by atoms with van der Waals surface area (Å²) in [5, 5.41) is 3.13. The maximum atomic E-state index is 13.8. The number of allylic oxidation sites excluding steroid dienone is 1. The third kappa shape index (κ3) is 3.85. The molecule has 6 nitrogen and oxygen atoms in total. The topological polar surface area (TPSA) is 83.7 Å². The molecule has 3 amide bonds. The van der Waals surface area contributed by atoms with Crippen molar-refractivity contribution < 1.29 is 14.4 Å². The Hall–Kier alpha value is -3.41. The van der Waals surface area contributed by atoms with E-state index >= 15 is 0 Å².